The molecular formula is C12H9F3N6S. The van der Waals surface area contributed by atoms with E-state index in [4.69, 9.17) is 5.73 Å². The maximum atomic E-state index is 12.8. The lowest BCUT2D eigenvalue weighted by Crippen LogP contribution is -2.05. The van der Waals surface area contributed by atoms with Gasteiger partial charge in [0.25, 0.3) is 5.78 Å². The number of halogens is 3. The summed E-state index contributed by atoms with van der Waals surface area (Å²) >= 11 is 1.28. The molecule has 0 saturated heterocycles. The van der Waals surface area contributed by atoms with E-state index in [2.05, 4.69) is 20.1 Å². The highest BCUT2D eigenvalue weighted by atomic mass is 32.2. The monoisotopic (exact) mass is 326 g/mol. The third-order valence-corrected chi connectivity index (χ3v) is 3.39. The number of thioether (sulfide) groups is 1. The number of nitrogen functional groups attached to an aromatic ring is 1. The van der Waals surface area contributed by atoms with Gasteiger partial charge in [0.2, 0.25) is 5.95 Å². The smallest absolute Gasteiger partial charge is 0.368 e. The lowest BCUT2D eigenvalue weighted by Gasteiger charge is -2.06. The van der Waals surface area contributed by atoms with E-state index < -0.39 is 11.7 Å². The van der Waals surface area contributed by atoms with Gasteiger partial charge in [-0.1, -0.05) is 23.9 Å². The van der Waals surface area contributed by atoms with Gasteiger partial charge in [-0.15, -0.1) is 5.10 Å². The van der Waals surface area contributed by atoms with Crippen LogP contribution in [-0.2, 0) is 6.18 Å². The highest BCUT2D eigenvalue weighted by molar-refractivity contribution is 7.98. The van der Waals surface area contributed by atoms with Crippen LogP contribution in [0.25, 0.3) is 17.2 Å². The second kappa shape index (κ2) is 5.13. The van der Waals surface area contributed by atoms with Crippen molar-refractivity contribution in [2.24, 2.45) is 0 Å². The number of nitrogens with two attached hydrogens (primary N) is 1. The molecule has 114 valence electrons. The van der Waals surface area contributed by atoms with Crippen molar-refractivity contribution in [2.75, 3.05) is 12.0 Å². The van der Waals surface area contributed by atoms with E-state index in [1.165, 1.54) is 28.4 Å². The van der Waals surface area contributed by atoms with E-state index in [1.807, 2.05) is 0 Å². The number of fused-ring (bicyclic) bond motifs is 1. The summed E-state index contributed by atoms with van der Waals surface area (Å²) in [7, 11) is 0. The molecule has 6 nitrogen and oxygen atoms in total. The summed E-state index contributed by atoms with van der Waals surface area (Å²) in [6.07, 6.45) is -2.66. The first-order chi connectivity index (χ1) is 10.4. The number of aromatic nitrogens is 5. The Morgan fingerprint density at radius 3 is 2.64 bits per heavy atom. The molecule has 0 radical (unpaired) electrons. The van der Waals surface area contributed by atoms with Gasteiger partial charge in [-0.05, 0) is 18.4 Å². The van der Waals surface area contributed by atoms with Crippen molar-refractivity contribution in [2.45, 2.75) is 11.3 Å². The molecule has 2 N–H and O–H groups in total. The molecule has 0 amide bonds. The van der Waals surface area contributed by atoms with Crippen LogP contribution in [0.4, 0.5) is 19.1 Å². The molecule has 0 unspecified atom stereocenters. The van der Waals surface area contributed by atoms with Crippen molar-refractivity contribution in [3.63, 3.8) is 0 Å². The van der Waals surface area contributed by atoms with Crippen LogP contribution in [-0.4, -0.2) is 30.8 Å². The largest absolute Gasteiger partial charge is 0.416 e. The Morgan fingerprint density at radius 2 is 1.95 bits per heavy atom. The highest BCUT2D eigenvalue weighted by Crippen LogP contribution is 2.31. The molecule has 0 atom stereocenters. The normalized spacial score (nSPS) is 12.0. The van der Waals surface area contributed by atoms with Crippen molar-refractivity contribution >= 4 is 23.5 Å². The van der Waals surface area contributed by atoms with Gasteiger partial charge in [0.05, 0.1) is 5.56 Å². The maximum Gasteiger partial charge on any atom is 0.416 e. The van der Waals surface area contributed by atoms with Gasteiger partial charge in [-0.2, -0.15) is 32.6 Å². The molecule has 2 aromatic heterocycles. The lowest BCUT2D eigenvalue weighted by atomic mass is 10.1. The number of alkyl halides is 3. The maximum absolute atomic E-state index is 12.8. The molecule has 1 aromatic carbocycles. The van der Waals surface area contributed by atoms with Crippen LogP contribution in [0.5, 0.6) is 0 Å². The van der Waals surface area contributed by atoms with Gasteiger partial charge in [0, 0.05) is 5.56 Å². The van der Waals surface area contributed by atoms with E-state index in [9.17, 15) is 13.2 Å². The van der Waals surface area contributed by atoms with Crippen molar-refractivity contribution in [1.82, 2.24) is 24.6 Å². The molecule has 0 aliphatic rings. The predicted octanol–water partition coefficient (Wildman–Crippen LogP) is 2.51. The quantitative estimate of drug-likeness (QED) is 0.729. The van der Waals surface area contributed by atoms with Crippen LogP contribution in [0, 0.1) is 0 Å². The summed E-state index contributed by atoms with van der Waals surface area (Å²) in [5, 5.41) is 4.47. The predicted molar refractivity (Wildman–Crippen MR) is 75.2 cm³/mol. The zero-order chi connectivity index (χ0) is 15.9. The van der Waals surface area contributed by atoms with Crippen LogP contribution >= 0.6 is 11.8 Å². The van der Waals surface area contributed by atoms with E-state index in [-0.39, 0.29) is 23.1 Å². The standard InChI is InChI=1S/C12H9F3N6S/c1-22-11-18-9(16)21-10(19-11)17-8(20-21)6-3-2-4-7(5-6)12(13,14)15/h2-5H,1H3,(H2,16,17,18,19,20). The van der Waals surface area contributed by atoms with Gasteiger partial charge in [-0.3, -0.25) is 0 Å². The van der Waals surface area contributed by atoms with Gasteiger partial charge >= 0.3 is 6.18 Å². The summed E-state index contributed by atoms with van der Waals surface area (Å²) < 4.78 is 39.5. The van der Waals surface area contributed by atoms with Crippen LogP contribution in [0.1, 0.15) is 5.56 Å². The van der Waals surface area contributed by atoms with Crippen LogP contribution in [0.3, 0.4) is 0 Å². The van der Waals surface area contributed by atoms with E-state index >= 15 is 0 Å². The zero-order valence-electron chi connectivity index (χ0n) is 11.2. The number of benzene rings is 1. The number of hydrogen-bond donors (Lipinski definition) is 1. The molecule has 0 fully saturated rings. The molecule has 0 aliphatic carbocycles. The topological polar surface area (TPSA) is 82.0 Å². The summed E-state index contributed by atoms with van der Waals surface area (Å²) in [6.45, 7) is 0. The second-order valence-corrected chi connectivity index (χ2v) is 5.07. The van der Waals surface area contributed by atoms with E-state index in [1.54, 1.807) is 6.26 Å². The fourth-order valence-corrected chi connectivity index (χ4v) is 2.19. The van der Waals surface area contributed by atoms with E-state index in [0.717, 1.165) is 12.1 Å². The molecule has 0 bridgehead atoms. The minimum Gasteiger partial charge on any atom is -0.368 e. The number of hydrogen-bond acceptors (Lipinski definition) is 6. The molecule has 0 spiro atoms. The van der Waals surface area contributed by atoms with E-state index in [0.29, 0.717) is 5.16 Å². The van der Waals surface area contributed by atoms with Crippen LogP contribution in [0.2, 0.25) is 0 Å². The average Bonchev–Trinajstić information content (AvgIpc) is 2.91. The molecule has 0 aliphatic heterocycles. The fourth-order valence-electron chi connectivity index (χ4n) is 1.83. The van der Waals surface area contributed by atoms with Gasteiger partial charge in [-0.25, -0.2) is 0 Å². The molecule has 3 rings (SSSR count). The first kappa shape index (κ1) is 14.6. The summed E-state index contributed by atoms with van der Waals surface area (Å²) in [5.74, 6) is 0.356. The Bertz CT molecular complexity index is 844. The SMILES string of the molecule is CSc1nc(N)n2nc(-c3cccc(C(F)(F)F)c3)nc2n1. The van der Waals surface area contributed by atoms with Crippen molar-refractivity contribution in [1.29, 1.82) is 0 Å². The molecule has 0 saturated carbocycles. The number of rotatable bonds is 2. The van der Waals surface area contributed by atoms with Gasteiger partial charge in [0.15, 0.2) is 11.0 Å². The zero-order valence-corrected chi connectivity index (χ0v) is 12.0. The number of nitrogens with zero attached hydrogens (tertiary/aromatic N) is 5. The van der Waals surface area contributed by atoms with Crippen molar-refractivity contribution in [3.05, 3.63) is 29.8 Å². The third kappa shape index (κ3) is 2.56. The second-order valence-electron chi connectivity index (χ2n) is 4.29. The molecule has 22 heavy (non-hydrogen) atoms. The van der Waals surface area contributed by atoms with Crippen LogP contribution in [0.15, 0.2) is 29.4 Å². The first-order valence-corrected chi connectivity index (χ1v) is 7.23. The fraction of sp³-hybridized carbons (Fsp3) is 0.167. The minimum atomic E-state index is -4.43. The summed E-state index contributed by atoms with van der Waals surface area (Å²) in [5.41, 5.74) is 5.20. The molecule has 2 heterocycles. The lowest BCUT2D eigenvalue weighted by molar-refractivity contribution is -0.137. The average molecular weight is 326 g/mol. The molecular weight excluding hydrogens is 317 g/mol. The Hall–Kier alpha value is -2.36. The molecule has 3 aromatic rings. The Balaban J connectivity index is 2.13. The Kier molecular flexibility index (Phi) is 3.39. The van der Waals surface area contributed by atoms with Crippen molar-refractivity contribution < 1.29 is 13.2 Å². The summed E-state index contributed by atoms with van der Waals surface area (Å²) in [4.78, 5) is 12.2. The Morgan fingerprint density at radius 1 is 1.18 bits per heavy atom. The number of anilines is 1. The Labute approximate surface area is 126 Å². The van der Waals surface area contributed by atoms with Crippen LogP contribution < -0.4 is 5.73 Å². The van der Waals surface area contributed by atoms with Gasteiger partial charge in [0.1, 0.15) is 0 Å². The third-order valence-electron chi connectivity index (χ3n) is 2.84. The molecule has 10 heteroatoms. The summed E-state index contributed by atoms with van der Waals surface area (Å²) in [6, 6.07) is 4.75. The highest BCUT2D eigenvalue weighted by Gasteiger charge is 2.30. The van der Waals surface area contributed by atoms with Gasteiger partial charge < -0.3 is 5.73 Å². The first-order valence-electron chi connectivity index (χ1n) is 6.00. The minimum absolute atomic E-state index is 0.0695. The van der Waals surface area contributed by atoms with Crippen molar-refractivity contribution in [3.8, 4) is 11.4 Å².